The van der Waals surface area contributed by atoms with Crippen molar-refractivity contribution in [3.05, 3.63) is 46.7 Å². The number of carbonyl (C=O) groups excluding carboxylic acids is 2. The number of hydrogen-bond donors (Lipinski definition) is 1. The van der Waals surface area contributed by atoms with Gasteiger partial charge < -0.3 is 15.6 Å². The van der Waals surface area contributed by atoms with E-state index in [1.54, 1.807) is 18.2 Å². The number of halogens is 1. The molecule has 6 nitrogen and oxygen atoms in total. The van der Waals surface area contributed by atoms with Gasteiger partial charge in [-0.1, -0.05) is 17.7 Å². The van der Waals surface area contributed by atoms with Crippen LogP contribution in [0.1, 0.15) is 20.8 Å². The van der Waals surface area contributed by atoms with E-state index in [1.165, 1.54) is 6.07 Å². The fraction of sp³-hybridized carbons (Fsp3) is 0. The molecule has 2 rings (SSSR count). The van der Waals surface area contributed by atoms with Crippen molar-refractivity contribution < 1.29 is 44.3 Å². The summed E-state index contributed by atoms with van der Waals surface area (Å²) in [5, 5.41) is 15.1. The van der Waals surface area contributed by atoms with Crippen LogP contribution in [0.2, 0.25) is 5.02 Å². The van der Waals surface area contributed by atoms with E-state index in [-0.39, 0.29) is 40.8 Å². The van der Waals surface area contributed by atoms with Crippen LogP contribution in [0, 0.1) is 0 Å². The third-order valence-corrected chi connectivity index (χ3v) is 2.51. The average molecular weight is 288 g/mol. The van der Waals surface area contributed by atoms with Gasteiger partial charge in [-0.05, 0) is 18.2 Å². The van der Waals surface area contributed by atoms with Crippen molar-refractivity contribution in [2.45, 2.75) is 0 Å². The standard InChI is InChI=1S/C11H8ClN3O3.Na/c12-6-2-1-3-7(4-6)15-9(10(13)16)8(5-14-15)11(17)18;/h1-5H,(H2,13,16)(H,17,18);/q;+1/p-1. The molecule has 0 saturated carbocycles. The molecule has 2 N–H and O–H groups in total. The average Bonchev–Trinajstić information content (AvgIpc) is 2.73. The summed E-state index contributed by atoms with van der Waals surface area (Å²) in [6, 6.07) is 6.42. The predicted molar refractivity (Wildman–Crippen MR) is 61.4 cm³/mol. The molecular weight excluding hydrogens is 281 g/mol. The van der Waals surface area contributed by atoms with E-state index in [0.29, 0.717) is 10.7 Å². The van der Waals surface area contributed by atoms with E-state index in [0.717, 1.165) is 10.9 Å². The van der Waals surface area contributed by atoms with Gasteiger partial charge in [0.2, 0.25) is 0 Å². The fourth-order valence-corrected chi connectivity index (χ4v) is 1.72. The minimum atomic E-state index is -1.52. The van der Waals surface area contributed by atoms with Gasteiger partial charge in [-0.3, -0.25) is 4.79 Å². The first-order chi connectivity index (χ1) is 8.50. The van der Waals surface area contributed by atoms with E-state index < -0.39 is 11.9 Å². The monoisotopic (exact) mass is 287 g/mol. The zero-order chi connectivity index (χ0) is 13.3. The minimum Gasteiger partial charge on any atom is -0.545 e. The molecule has 0 spiro atoms. The van der Waals surface area contributed by atoms with Crippen LogP contribution < -0.4 is 40.4 Å². The Morgan fingerprint density at radius 2 is 2.05 bits per heavy atom. The Kier molecular flexibility index (Phi) is 5.13. The molecule has 1 aromatic carbocycles. The quantitative estimate of drug-likeness (QED) is 0.608. The molecule has 0 aliphatic rings. The summed E-state index contributed by atoms with van der Waals surface area (Å²) >= 11 is 5.81. The van der Waals surface area contributed by atoms with Crippen molar-refractivity contribution in [1.82, 2.24) is 9.78 Å². The second-order valence-corrected chi connectivity index (χ2v) is 3.89. The van der Waals surface area contributed by atoms with Crippen molar-refractivity contribution in [3.8, 4) is 5.69 Å². The number of primary amides is 1. The zero-order valence-electron chi connectivity index (χ0n) is 9.96. The van der Waals surface area contributed by atoms with Gasteiger partial charge in [0.15, 0.2) is 0 Å². The summed E-state index contributed by atoms with van der Waals surface area (Å²) in [5.74, 6) is -2.43. The third kappa shape index (κ3) is 3.16. The number of hydrogen-bond acceptors (Lipinski definition) is 4. The molecule has 8 heteroatoms. The molecule has 0 aliphatic heterocycles. The SMILES string of the molecule is NC(=O)c1c(C(=O)[O-])cnn1-c1cccc(Cl)c1.[Na+]. The predicted octanol–water partition coefficient (Wildman–Crippen LogP) is -3.01. The first-order valence-electron chi connectivity index (χ1n) is 4.86. The van der Waals surface area contributed by atoms with Crippen LogP contribution in [-0.4, -0.2) is 21.7 Å². The Bertz CT molecular complexity index is 642. The number of aromatic nitrogens is 2. The number of rotatable bonds is 3. The van der Waals surface area contributed by atoms with Crippen molar-refractivity contribution in [1.29, 1.82) is 0 Å². The molecule has 1 amide bonds. The largest absolute Gasteiger partial charge is 1.00 e. The fourth-order valence-electron chi connectivity index (χ4n) is 1.54. The van der Waals surface area contributed by atoms with Gasteiger partial charge >= 0.3 is 29.6 Å². The summed E-state index contributed by atoms with van der Waals surface area (Å²) in [6.45, 7) is 0. The molecule has 1 heterocycles. The molecule has 0 radical (unpaired) electrons. The number of nitrogens with zero attached hydrogens (tertiary/aromatic N) is 2. The maximum absolute atomic E-state index is 11.3. The molecule has 0 bridgehead atoms. The Balaban J connectivity index is 0.00000180. The molecule has 2 aromatic rings. The van der Waals surface area contributed by atoms with E-state index in [9.17, 15) is 14.7 Å². The number of carboxylic acid groups (broad SMARTS) is 1. The second-order valence-electron chi connectivity index (χ2n) is 3.45. The molecule has 19 heavy (non-hydrogen) atoms. The first-order valence-corrected chi connectivity index (χ1v) is 5.23. The van der Waals surface area contributed by atoms with Crippen molar-refractivity contribution in [2.24, 2.45) is 5.73 Å². The summed E-state index contributed by atoms with van der Waals surface area (Å²) < 4.78 is 1.11. The van der Waals surface area contributed by atoms with E-state index in [1.807, 2.05) is 0 Å². The van der Waals surface area contributed by atoms with Crippen LogP contribution >= 0.6 is 11.6 Å². The molecule has 0 aliphatic carbocycles. The van der Waals surface area contributed by atoms with E-state index in [2.05, 4.69) is 5.10 Å². The second kappa shape index (κ2) is 6.21. The summed E-state index contributed by atoms with van der Waals surface area (Å²) in [6.07, 6.45) is 1.01. The number of aromatic carboxylic acids is 1. The van der Waals surface area contributed by atoms with Gasteiger partial charge in [-0.2, -0.15) is 5.10 Å². The van der Waals surface area contributed by atoms with Gasteiger partial charge in [0.25, 0.3) is 5.91 Å². The van der Waals surface area contributed by atoms with Gasteiger partial charge in [-0.25, -0.2) is 4.68 Å². The number of benzene rings is 1. The molecule has 92 valence electrons. The van der Waals surface area contributed by atoms with Gasteiger partial charge in [0.1, 0.15) is 5.69 Å². The van der Waals surface area contributed by atoms with E-state index in [4.69, 9.17) is 17.3 Å². The zero-order valence-corrected chi connectivity index (χ0v) is 12.7. The van der Waals surface area contributed by atoms with Crippen molar-refractivity contribution >= 4 is 23.5 Å². The topological polar surface area (TPSA) is 101 Å². The number of amides is 1. The van der Waals surface area contributed by atoms with Gasteiger partial charge in [0, 0.05) is 10.6 Å². The van der Waals surface area contributed by atoms with Crippen LogP contribution in [-0.2, 0) is 0 Å². The maximum Gasteiger partial charge on any atom is 1.00 e. The smallest absolute Gasteiger partial charge is 0.545 e. The first kappa shape index (κ1) is 15.7. The molecular formula is C11H7ClN3NaO3. The number of nitrogens with two attached hydrogens (primary N) is 1. The molecule has 0 atom stereocenters. The Hall–Kier alpha value is -1.34. The number of carboxylic acids is 1. The van der Waals surface area contributed by atoms with Crippen LogP contribution in [0.15, 0.2) is 30.5 Å². The Morgan fingerprint density at radius 1 is 1.37 bits per heavy atom. The van der Waals surface area contributed by atoms with Crippen LogP contribution in [0.5, 0.6) is 0 Å². The van der Waals surface area contributed by atoms with E-state index >= 15 is 0 Å². The van der Waals surface area contributed by atoms with Crippen LogP contribution in [0.3, 0.4) is 0 Å². The third-order valence-electron chi connectivity index (χ3n) is 2.28. The van der Waals surface area contributed by atoms with Crippen LogP contribution in [0.4, 0.5) is 0 Å². The molecule has 0 unspecified atom stereocenters. The van der Waals surface area contributed by atoms with Crippen molar-refractivity contribution in [3.63, 3.8) is 0 Å². The Morgan fingerprint density at radius 3 is 2.58 bits per heavy atom. The summed E-state index contributed by atoms with van der Waals surface area (Å²) in [5.41, 5.74) is 4.97. The number of carbonyl (C=O) groups is 2. The Labute approximate surface area is 135 Å². The van der Waals surface area contributed by atoms with Crippen LogP contribution in [0.25, 0.3) is 5.69 Å². The summed E-state index contributed by atoms with van der Waals surface area (Å²) in [7, 11) is 0. The normalized spacial score (nSPS) is 9.74. The van der Waals surface area contributed by atoms with Gasteiger partial charge in [0.05, 0.1) is 17.9 Å². The minimum absolute atomic E-state index is 0. The summed E-state index contributed by atoms with van der Waals surface area (Å²) in [4.78, 5) is 22.1. The molecule has 0 saturated heterocycles. The molecule has 0 fully saturated rings. The van der Waals surface area contributed by atoms with Gasteiger partial charge in [-0.15, -0.1) is 0 Å². The maximum atomic E-state index is 11.3. The molecule has 1 aromatic heterocycles. The van der Waals surface area contributed by atoms with Crippen molar-refractivity contribution in [2.75, 3.05) is 0 Å².